The molecule has 6 heavy (non-hydrogen) atoms. The Morgan fingerprint density at radius 1 is 1.50 bits per heavy atom. The Balaban J connectivity index is 2.01. The van der Waals surface area contributed by atoms with Crippen LogP contribution in [0.1, 0.15) is 19.3 Å². The molecule has 0 aliphatic heterocycles. The molecule has 0 amide bonds. The molecule has 0 bridgehead atoms. The average molecular weight is 101 g/mol. The van der Waals surface area contributed by atoms with E-state index >= 15 is 0 Å². The highest BCUT2D eigenvalue weighted by Gasteiger charge is 2.16. The van der Waals surface area contributed by atoms with Crippen molar-refractivity contribution in [3.05, 3.63) is 0 Å². The molecule has 35 valence electrons. The largest absolute Gasteiger partial charge is 0.306 e. The zero-order valence-corrected chi connectivity index (χ0v) is 5.23. The van der Waals surface area contributed by atoms with E-state index in [0.29, 0.717) is 5.54 Å². The summed E-state index contributed by atoms with van der Waals surface area (Å²) in [5.41, 5.74) is 0.699. The van der Waals surface area contributed by atoms with Gasteiger partial charge in [0.05, 0.1) is 0 Å². The van der Waals surface area contributed by atoms with Gasteiger partial charge in [0.2, 0.25) is 9.76 Å². The molecule has 0 aromatic carbocycles. The smallest absolute Gasteiger partial charge is 0.210 e. The number of rotatable bonds is 1. The zero-order chi connectivity index (χ0) is 4.41. The molecule has 0 unspecified atom stereocenters. The van der Waals surface area contributed by atoms with Crippen LogP contribution in [0, 0.1) is 0 Å². The van der Waals surface area contributed by atoms with E-state index in [1.54, 1.807) is 0 Å². The predicted molar refractivity (Wildman–Crippen MR) is 26.8 cm³/mol. The van der Waals surface area contributed by atoms with Gasteiger partial charge in [-0.2, -0.15) is 0 Å². The maximum absolute atomic E-state index is 10.1. The second kappa shape index (κ2) is 1.75. The van der Waals surface area contributed by atoms with Gasteiger partial charge in [-0.15, -0.1) is 0 Å². The number of hydrogen-bond acceptors (Lipinski definition) is 0. The van der Waals surface area contributed by atoms with Gasteiger partial charge in [0, 0.05) is 0 Å². The van der Waals surface area contributed by atoms with Crippen molar-refractivity contribution in [2.45, 2.75) is 24.8 Å². The van der Waals surface area contributed by atoms with Crippen LogP contribution in [0.5, 0.6) is 0 Å². The summed E-state index contributed by atoms with van der Waals surface area (Å²) >= 11 is 0. The standard InChI is InChI=1S/C4H9OSi/c5-6-4-2-1-3-4/h4H,1-3,6H2. The fraction of sp³-hybridized carbons (Fsp3) is 1.00. The summed E-state index contributed by atoms with van der Waals surface area (Å²) in [6.07, 6.45) is 3.85. The van der Waals surface area contributed by atoms with E-state index in [4.69, 9.17) is 0 Å². The Morgan fingerprint density at radius 3 is 2.17 bits per heavy atom. The lowest BCUT2D eigenvalue weighted by Crippen LogP contribution is -2.09. The van der Waals surface area contributed by atoms with Crippen LogP contribution in [0.4, 0.5) is 0 Å². The fourth-order valence-corrected chi connectivity index (χ4v) is 1.57. The SMILES string of the molecule is [O][SiH2]C1CCC1. The normalized spacial score (nSPS) is 25.5. The average Bonchev–Trinajstić information content (AvgIpc) is 1.31. The molecule has 1 aliphatic carbocycles. The second-order valence-corrected chi connectivity index (χ2v) is 3.45. The Hall–Kier alpha value is 0.177. The molecule has 0 atom stereocenters. The number of hydrogen-bond donors (Lipinski definition) is 0. The molecular formula is C4H9OSi. The van der Waals surface area contributed by atoms with Crippen LogP contribution >= 0.6 is 0 Å². The molecule has 1 nitrogen and oxygen atoms in total. The lowest BCUT2D eigenvalue weighted by molar-refractivity contribution is 0.403. The summed E-state index contributed by atoms with van der Waals surface area (Å²) in [6.45, 7) is 0. The van der Waals surface area contributed by atoms with Crippen molar-refractivity contribution >= 4 is 9.76 Å². The summed E-state index contributed by atoms with van der Waals surface area (Å²) in [5.74, 6) is 0. The van der Waals surface area contributed by atoms with Crippen molar-refractivity contribution in [2.24, 2.45) is 0 Å². The van der Waals surface area contributed by atoms with Crippen molar-refractivity contribution in [2.75, 3.05) is 0 Å². The Labute approximate surface area is 40.3 Å². The molecule has 0 N–H and O–H groups in total. The Morgan fingerprint density at radius 2 is 2.17 bits per heavy atom. The van der Waals surface area contributed by atoms with Gasteiger partial charge in [-0.1, -0.05) is 19.3 Å². The van der Waals surface area contributed by atoms with E-state index in [-0.39, 0.29) is 0 Å². The van der Waals surface area contributed by atoms with Gasteiger partial charge in [-0.3, -0.25) is 0 Å². The van der Waals surface area contributed by atoms with Crippen molar-refractivity contribution in [1.29, 1.82) is 0 Å². The molecule has 0 heterocycles. The third-order valence-electron chi connectivity index (χ3n) is 1.46. The summed E-state index contributed by atoms with van der Waals surface area (Å²) in [6, 6.07) is 0. The highest BCUT2D eigenvalue weighted by atomic mass is 28.2. The van der Waals surface area contributed by atoms with Crippen LogP contribution < -0.4 is 0 Å². The molecular weight excluding hydrogens is 92.1 g/mol. The van der Waals surface area contributed by atoms with E-state index in [2.05, 4.69) is 0 Å². The minimum absolute atomic E-state index is 0.699. The van der Waals surface area contributed by atoms with Crippen LogP contribution in [0.2, 0.25) is 5.54 Å². The second-order valence-electron chi connectivity index (χ2n) is 1.96. The highest BCUT2D eigenvalue weighted by Crippen LogP contribution is 2.30. The minimum Gasteiger partial charge on any atom is -0.306 e. The topological polar surface area (TPSA) is 19.9 Å². The molecule has 2 heteroatoms. The fourth-order valence-electron chi connectivity index (χ4n) is 0.659. The molecule has 1 rings (SSSR count). The summed E-state index contributed by atoms with van der Waals surface area (Å²) in [5, 5.41) is 0. The van der Waals surface area contributed by atoms with Crippen molar-refractivity contribution < 1.29 is 4.80 Å². The van der Waals surface area contributed by atoms with Gasteiger partial charge in [-0.05, 0) is 5.54 Å². The van der Waals surface area contributed by atoms with E-state index in [0.717, 1.165) is 0 Å². The van der Waals surface area contributed by atoms with E-state index in [1.165, 1.54) is 19.3 Å². The highest BCUT2D eigenvalue weighted by molar-refractivity contribution is 6.27. The first-order chi connectivity index (χ1) is 2.93. The first kappa shape index (κ1) is 4.34. The summed E-state index contributed by atoms with van der Waals surface area (Å²) < 4.78 is 0. The van der Waals surface area contributed by atoms with Crippen molar-refractivity contribution in [3.8, 4) is 0 Å². The first-order valence-electron chi connectivity index (χ1n) is 2.51. The van der Waals surface area contributed by atoms with Crippen LogP contribution in [0.25, 0.3) is 0 Å². The third-order valence-corrected chi connectivity index (χ3v) is 2.75. The monoisotopic (exact) mass is 101 g/mol. The summed E-state index contributed by atoms with van der Waals surface area (Å²) in [4.78, 5) is 10.1. The predicted octanol–water partition coefficient (Wildman–Crippen LogP) is 0.473. The van der Waals surface area contributed by atoms with E-state index < -0.39 is 9.76 Å². The lowest BCUT2D eigenvalue weighted by atomic mass is 10.00. The molecule has 1 radical (unpaired) electrons. The van der Waals surface area contributed by atoms with E-state index in [1.807, 2.05) is 0 Å². The van der Waals surface area contributed by atoms with Crippen LogP contribution in [-0.2, 0) is 4.80 Å². The lowest BCUT2D eigenvalue weighted by Gasteiger charge is -2.20. The maximum atomic E-state index is 10.1. The van der Waals surface area contributed by atoms with E-state index in [9.17, 15) is 4.80 Å². The molecule has 1 fully saturated rings. The quantitative estimate of drug-likeness (QED) is 0.428. The molecule has 0 spiro atoms. The van der Waals surface area contributed by atoms with Crippen LogP contribution in [0.15, 0.2) is 0 Å². The van der Waals surface area contributed by atoms with Crippen molar-refractivity contribution in [3.63, 3.8) is 0 Å². The first-order valence-corrected chi connectivity index (χ1v) is 3.91. The maximum Gasteiger partial charge on any atom is 0.210 e. The van der Waals surface area contributed by atoms with Gasteiger partial charge in [0.1, 0.15) is 0 Å². The third kappa shape index (κ3) is 0.630. The minimum atomic E-state index is -0.825. The molecule has 0 aromatic rings. The Kier molecular flexibility index (Phi) is 1.27. The molecule has 1 aliphatic rings. The molecule has 0 aromatic heterocycles. The Bertz CT molecular complexity index is 40.1. The zero-order valence-electron chi connectivity index (χ0n) is 3.81. The summed E-state index contributed by atoms with van der Waals surface area (Å²) in [7, 11) is -0.825. The van der Waals surface area contributed by atoms with Gasteiger partial charge in [-0.25, -0.2) is 0 Å². The van der Waals surface area contributed by atoms with Gasteiger partial charge >= 0.3 is 0 Å². The van der Waals surface area contributed by atoms with Crippen molar-refractivity contribution in [1.82, 2.24) is 0 Å². The molecule has 1 saturated carbocycles. The van der Waals surface area contributed by atoms with Crippen LogP contribution in [-0.4, -0.2) is 9.76 Å². The van der Waals surface area contributed by atoms with Gasteiger partial charge < -0.3 is 4.80 Å². The van der Waals surface area contributed by atoms with Gasteiger partial charge in [0.15, 0.2) is 0 Å². The molecule has 0 saturated heterocycles. The van der Waals surface area contributed by atoms with Crippen LogP contribution in [0.3, 0.4) is 0 Å². The van der Waals surface area contributed by atoms with Gasteiger partial charge in [0.25, 0.3) is 0 Å².